The fraction of sp³-hybridized carbons (Fsp3) is 0.381. The largest absolute Gasteiger partial charge is 0.339 e. The molecular weight excluding hydrogens is 360 g/mol. The molecule has 2 aromatic rings. The van der Waals surface area contributed by atoms with Crippen molar-refractivity contribution < 1.29 is 13.2 Å². The Balaban J connectivity index is 1.75. The van der Waals surface area contributed by atoms with Gasteiger partial charge in [0.15, 0.2) is 0 Å². The molecule has 2 aromatic carbocycles. The summed E-state index contributed by atoms with van der Waals surface area (Å²) in [6.07, 6.45) is 2.95. The van der Waals surface area contributed by atoms with E-state index in [1.54, 1.807) is 41.3 Å². The van der Waals surface area contributed by atoms with E-state index in [2.05, 4.69) is 18.6 Å². The summed E-state index contributed by atoms with van der Waals surface area (Å²) in [5, 5.41) is 0. The molecule has 6 heteroatoms. The second-order valence-electron chi connectivity index (χ2n) is 7.43. The Hall–Kier alpha value is -2.34. The number of likely N-dealkylation sites (tertiary alicyclic amines) is 1. The molecule has 1 amide bonds. The normalized spacial score (nSPS) is 14.6. The summed E-state index contributed by atoms with van der Waals surface area (Å²) in [6, 6.07) is 13.6. The highest BCUT2D eigenvalue weighted by Crippen LogP contribution is 2.20. The zero-order chi connectivity index (χ0) is 19.4. The number of benzene rings is 2. The first-order valence-corrected chi connectivity index (χ1v) is 10.8. The molecule has 0 spiro atoms. The third-order valence-corrected chi connectivity index (χ3v) is 6.03. The van der Waals surface area contributed by atoms with Gasteiger partial charge in [-0.25, -0.2) is 8.42 Å². The number of carbonyl (C=O) groups excluding carboxylic acids is 1. The van der Waals surface area contributed by atoms with E-state index in [9.17, 15) is 13.2 Å². The zero-order valence-corrected chi connectivity index (χ0v) is 16.6. The van der Waals surface area contributed by atoms with Gasteiger partial charge in [-0.05, 0) is 61.1 Å². The molecule has 0 atom stereocenters. The summed E-state index contributed by atoms with van der Waals surface area (Å²) in [7, 11) is -3.69. The smallest absolute Gasteiger partial charge is 0.261 e. The van der Waals surface area contributed by atoms with Crippen molar-refractivity contribution >= 4 is 21.6 Å². The Morgan fingerprint density at radius 2 is 1.74 bits per heavy atom. The molecule has 0 saturated carbocycles. The first kappa shape index (κ1) is 19.4. The number of carbonyl (C=O) groups is 1. The van der Waals surface area contributed by atoms with Gasteiger partial charge in [0.05, 0.1) is 4.90 Å². The Kier molecular flexibility index (Phi) is 5.85. The monoisotopic (exact) mass is 386 g/mol. The molecule has 3 rings (SSSR count). The summed E-state index contributed by atoms with van der Waals surface area (Å²) < 4.78 is 27.9. The number of amides is 1. The predicted molar refractivity (Wildman–Crippen MR) is 107 cm³/mol. The number of hydrogen-bond acceptors (Lipinski definition) is 3. The van der Waals surface area contributed by atoms with Crippen LogP contribution < -0.4 is 4.72 Å². The highest BCUT2D eigenvalue weighted by atomic mass is 32.2. The van der Waals surface area contributed by atoms with Gasteiger partial charge in [-0.3, -0.25) is 9.52 Å². The molecule has 1 aliphatic rings. The molecule has 5 nitrogen and oxygen atoms in total. The fourth-order valence-electron chi connectivity index (χ4n) is 3.31. The second-order valence-corrected chi connectivity index (χ2v) is 9.11. The van der Waals surface area contributed by atoms with Crippen molar-refractivity contribution in [2.45, 2.75) is 38.0 Å². The number of rotatable bonds is 6. The summed E-state index contributed by atoms with van der Waals surface area (Å²) >= 11 is 0. The van der Waals surface area contributed by atoms with Crippen molar-refractivity contribution in [1.29, 1.82) is 0 Å². The van der Waals surface area contributed by atoms with Gasteiger partial charge >= 0.3 is 0 Å². The lowest BCUT2D eigenvalue weighted by atomic mass is 10.0. The van der Waals surface area contributed by atoms with Gasteiger partial charge in [-0.2, -0.15) is 0 Å². The number of hydrogen-bond donors (Lipinski definition) is 1. The van der Waals surface area contributed by atoms with Gasteiger partial charge in [0.2, 0.25) is 0 Å². The number of anilines is 1. The van der Waals surface area contributed by atoms with Crippen LogP contribution in [0.4, 0.5) is 5.69 Å². The summed E-state index contributed by atoms with van der Waals surface area (Å²) in [5.74, 6) is 0.466. The van der Waals surface area contributed by atoms with E-state index < -0.39 is 10.0 Å². The molecule has 0 aromatic heterocycles. The van der Waals surface area contributed by atoms with Crippen LogP contribution in [0.15, 0.2) is 53.4 Å². The minimum Gasteiger partial charge on any atom is -0.339 e. The Bertz CT molecular complexity index is 899. The Morgan fingerprint density at radius 3 is 2.37 bits per heavy atom. The Labute approximate surface area is 161 Å². The van der Waals surface area contributed by atoms with Gasteiger partial charge in [-0.1, -0.05) is 32.0 Å². The first-order chi connectivity index (χ1) is 12.8. The van der Waals surface area contributed by atoms with E-state index in [0.29, 0.717) is 17.2 Å². The predicted octanol–water partition coefficient (Wildman–Crippen LogP) is 3.92. The van der Waals surface area contributed by atoms with E-state index in [1.807, 2.05) is 12.1 Å². The minimum atomic E-state index is -3.69. The van der Waals surface area contributed by atoms with Crippen LogP contribution in [0.2, 0.25) is 0 Å². The molecule has 1 fully saturated rings. The van der Waals surface area contributed by atoms with E-state index in [-0.39, 0.29) is 10.8 Å². The van der Waals surface area contributed by atoms with Crippen LogP contribution in [0.5, 0.6) is 0 Å². The lowest BCUT2D eigenvalue weighted by molar-refractivity contribution is 0.0793. The van der Waals surface area contributed by atoms with Crippen molar-refractivity contribution in [3.8, 4) is 0 Å². The van der Waals surface area contributed by atoms with E-state index in [0.717, 1.165) is 37.9 Å². The number of sulfonamides is 1. The third-order valence-electron chi connectivity index (χ3n) is 4.63. The average Bonchev–Trinajstić information content (AvgIpc) is 3.15. The van der Waals surface area contributed by atoms with Gasteiger partial charge in [-0.15, -0.1) is 0 Å². The topological polar surface area (TPSA) is 66.5 Å². The fourth-order valence-corrected chi connectivity index (χ4v) is 4.36. The second kappa shape index (κ2) is 8.13. The van der Waals surface area contributed by atoms with E-state index in [1.165, 1.54) is 0 Å². The van der Waals surface area contributed by atoms with Crippen LogP contribution in [-0.2, 0) is 16.4 Å². The van der Waals surface area contributed by atoms with Gasteiger partial charge in [0.1, 0.15) is 0 Å². The Morgan fingerprint density at radius 1 is 1.07 bits per heavy atom. The molecule has 1 aliphatic heterocycles. The van der Waals surface area contributed by atoms with Crippen molar-refractivity contribution in [3.05, 3.63) is 59.7 Å². The van der Waals surface area contributed by atoms with Crippen molar-refractivity contribution in [2.24, 2.45) is 5.92 Å². The van der Waals surface area contributed by atoms with Crippen molar-refractivity contribution in [1.82, 2.24) is 4.90 Å². The van der Waals surface area contributed by atoms with E-state index in [4.69, 9.17) is 0 Å². The van der Waals surface area contributed by atoms with Crippen LogP contribution >= 0.6 is 0 Å². The van der Waals surface area contributed by atoms with Gasteiger partial charge in [0.25, 0.3) is 15.9 Å². The molecule has 1 heterocycles. The van der Waals surface area contributed by atoms with Crippen LogP contribution in [-0.4, -0.2) is 32.3 Å². The third kappa shape index (κ3) is 4.89. The maximum Gasteiger partial charge on any atom is 0.261 e. The molecule has 0 aliphatic carbocycles. The van der Waals surface area contributed by atoms with Crippen LogP contribution in [0.3, 0.4) is 0 Å². The minimum absolute atomic E-state index is 0.0495. The maximum atomic E-state index is 12.7. The molecule has 144 valence electrons. The van der Waals surface area contributed by atoms with Gasteiger partial charge < -0.3 is 4.90 Å². The van der Waals surface area contributed by atoms with Gasteiger partial charge in [0, 0.05) is 24.3 Å². The van der Waals surface area contributed by atoms with Crippen LogP contribution in [0.25, 0.3) is 0 Å². The first-order valence-electron chi connectivity index (χ1n) is 9.36. The molecule has 0 unspecified atom stereocenters. The van der Waals surface area contributed by atoms with Crippen molar-refractivity contribution in [2.75, 3.05) is 17.8 Å². The SMILES string of the molecule is CC(C)Cc1ccc(S(=O)(=O)Nc2cccc(C(=O)N3CCCC3)c2)cc1. The highest BCUT2D eigenvalue weighted by molar-refractivity contribution is 7.92. The summed E-state index contributed by atoms with van der Waals surface area (Å²) in [4.78, 5) is 14.5. The molecule has 27 heavy (non-hydrogen) atoms. The molecule has 1 N–H and O–H groups in total. The molecule has 1 saturated heterocycles. The lowest BCUT2D eigenvalue weighted by Gasteiger charge is -2.16. The quantitative estimate of drug-likeness (QED) is 0.818. The molecule has 0 radical (unpaired) electrons. The number of nitrogens with zero attached hydrogens (tertiary/aromatic N) is 1. The average molecular weight is 387 g/mol. The standard InChI is InChI=1S/C21H26N2O3S/c1-16(2)14-17-8-10-20(11-9-17)27(25,26)22-19-7-5-6-18(15-19)21(24)23-12-3-4-13-23/h5-11,15-16,22H,3-4,12-14H2,1-2H3. The lowest BCUT2D eigenvalue weighted by Crippen LogP contribution is -2.27. The highest BCUT2D eigenvalue weighted by Gasteiger charge is 2.20. The maximum absolute atomic E-state index is 12.7. The molecular formula is C21H26N2O3S. The number of nitrogens with one attached hydrogen (secondary N) is 1. The summed E-state index contributed by atoms with van der Waals surface area (Å²) in [5.41, 5.74) is 2.01. The van der Waals surface area contributed by atoms with Crippen molar-refractivity contribution in [3.63, 3.8) is 0 Å². The van der Waals surface area contributed by atoms with E-state index >= 15 is 0 Å². The molecule has 0 bridgehead atoms. The van der Waals surface area contributed by atoms with Crippen LogP contribution in [0, 0.1) is 5.92 Å². The van der Waals surface area contributed by atoms with Crippen LogP contribution in [0.1, 0.15) is 42.6 Å². The summed E-state index contributed by atoms with van der Waals surface area (Å²) in [6.45, 7) is 5.78. The zero-order valence-electron chi connectivity index (χ0n) is 15.8.